The first-order valence-corrected chi connectivity index (χ1v) is 9.97. The Bertz CT molecular complexity index is 1240. The lowest BCUT2D eigenvalue weighted by atomic mass is 9.84. The third-order valence-corrected chi connectivity index (χ3v) is 5.28. The van der Waals surface area contributed by atoms with Crippen molar-refractivity contribution >= 4 is 0 Å². The summed E-state index contributed by atoms with van der Waals surface area (Å²) in [5, 5.41) is 9.80. The highest BCUT2D eigenvalue weighted by atomic mass is 16.5. The molecule has 0 aliphatic carbocycles. The van der Waals surface area contributed by atoms with E-state index in [-0.39, 0.29) is 17.0 Å². The van der Waals surface area contributed by atoms with Crippen molar-refractivity contribution in [2.45, 2.75) is 26.3 Å². The van der Waals surface area contributed by atoms with Gasteiger partial charge in [0.2, 0.25) is 5.88 Å². The van der Waals surface area contributed by atoms with Gasteiger partial charge >= 0.3 is 0 Å². The molecule has 7 nitrogen and oxygen atoms in total. The van der Waals surface area contributed by atoms with Crippen LogP contribution in [0, 0.1) is 18.3 Å². The number of allylic oxidation sites excluding steroid dienone is 1. The van der Waals surface area contributed by atoms with Crippen molar-refractivity contribution < 1.29 is 9.47 Å². The predicted octanol–water partition coefficient (Wildman–Crippen LogP) is 3.22. The van der Waals surface area contributed by atoms with Crippen molar-refractivity contribution in [2.24, 2.45) is 5.73 Å². The second-order valence-corrected chi connectivity index (χ2v) is 7.24. The average Bonchev–Trinajstić information content (AvgIpc) is 2.77. The number of hydrogen-bond acceptors (Lipinski definition) is 6. The fraction of sp³-hybridized carbons (Fsp3) is 0.208. The van der Waals surface area contributed by atoms with Crippen molar-refractivity contribution in [2.75, 3.05) is 6.61 Å². The minimum absolute atomic E-state index is 0.0118. The molecule has 1 aliphatic heterocycles. The summed E-state index contributed by atoms with van der Waals surface area (Å²) in [6, 6.07) is 15.0. The summed E-state index contributed by atoms with van der Waals surface area (Å²) in [5.74, 6) is 0.475. The van der Waals surface area contributed by atoms with Gasteiger partial charge in [-0.05, 0) is 43.2 Å². The van der Waals surface area contributed by atoms with Gasteiger partial charge in [0.1, 0.15) is 23.1 Å². The summed E-state index contributed by atoms with van der Waals surface area (Å²) in [6.07, 6.45) is 3.42. The van der Waals surface area contributed by atoms with Gasteiger partial charge in [-0.25, -0.2) is 0 Å². The molecule has 3 aromatic rings. The van der Waals surface area contributed by atoms with Crippen molar-refractivity contribution in [1.82, 2.24) is 9.55 Å². The molecule has 0 bridgehead atoms. The van der Waals surface area contributed by atoms with E-state index in [1.807, 2.05) is 50.2 Å². The number of fused-ring (bicyclic) bond motifs is 1. The fourth-order valence-electron chi connectivity index (χ4n) is 3.81. The van der Waals surface area contributed by atoms with Gasteiger partial charge in [-0.15, -0.1) is 0 Å². The summed E-state index contributed by atoms with van der Waals surface area (Å²) in [5.41, 5.74) is 8.84. The van der Waals surface area contributed by atoms with E-state index in [2.05, 4.69) is 11.1 Å². The molecule has 4 rings (SSSR count). The van der Waals surface area contributed by atoms with Crippen LogP contribution in [0.25, 0.3) is 0 Å². The highest BCUT2D eigenvalue weighted by Crippen LogP contribution is 2.40. The van der Waals surface area contributed by atoms with Gasteiger partial charge in [0, 0.05) is 24.2 Å². The van der Waals surface area contributed by atoms with Crippen LogP contribution in [0.1, 0.15) is 35.2 Å². The van der Waals surface area contributed by atoms with Gasteiger partial charge in [-0.3, -0.25) is 9.78 Å². The number of benzene rings is 1. The van der Waals surface area contributed by atoms with Crippen molar-refractivity contribution in [3.63, 3.8) is 0 Å². The Balaban J connectivity index is 1.87. The van der Waals surface area contributed by atoms with Crippen LogP contribution in [0.5, 0.6) is 11.5 Å². The van der Waals surface area contributed by atoms with Crippen LogP contribution in [-0.4, -0.2) is 16.2 Å². The van der Waals surface area contributed by atoms with Gasteiger partial charge in [0.05, 0.1) is 24.6 Å². The summed E-state index contributed by atoms with van der Waals surface area (Å²) >= 11 is 0. The first-order chi connectivity index (χ1) is 15.0. The van der Waals surface area contributed by atoms with Crippen LogP contribution < -0.4 is 20.8 Å². The van der Waals surface area contributed by atoms with Crippen LogP contribution in [-0.2, 0) is 6.54 Å². The van der Waals surface area contributed by atoms with E-state index in [1.54, 1.807) is 23.0 Å². The van der Waals surface area contributed by atoms with Gasteiger partial charge in [-0.1, -0.05) is 18.2 Å². The Kier molecular flexibility index (Phi) is 5.46. The molecule has 1 unspecified atom stereocenters. The van der Waals surface area contributed by atoms with Crippen molar-refractivity contribution in [3.05, 3.63) is 99.1 Å². The number of aryl methyl sites for hydroxylation is 1. The third kappa shape index (κ3) is 3.76. The summed E-state index contributed by atoms with van der Waals surface area (Å²) in [4.78, 5) is 17.8. The number of hydrogen-bond donors (Lipinski definition) is 1. The molecule has 2 aromatic heterocycles. The first kappa shape index (κ1) is 20.2. The maximum atomic E-state index is 13.6. The third-order valence-electron chi connectivity index (χ3n) is 5.28. The maximum absolute atomic E-state index is 13.6. The molecule has 2 N–H and O–H groups in total. The predicted molar refractivity (Wildman–Crippen MR) is 116 cm³/mol. The quantitative estimate of drug-likeness (QED) is 0.688. The Labute approximate surface area is 180 Å². The topological polar surface area (TPSA) is 103 Å². The zero-order chi connectivity index (χ0) is 22.0. The molecule has 0 radical (unpaired) electrons. The molecule has 3 heterocycles. The summed E-state index contributed by atoms with van der Waals surface area (Å²) in [7, 11) is 0. The number of rotatable bonds is 5. The highest BCUT2D eigenvalue weighted by molar-refractivity contribution is 5.55. The van der Waals surface area contributed by atoms with Crippen molar-refractivity contribution in [3.8, 4) is 17.6 Å². The molecular weight excluding hydrogens is 392 g/mol. The second kappa shape index (κ2) is 8.36. The van der Waals surface area contributed by atoms with Crippen LogP contribution in [0.4, 0.5) is 0 Å². The van der Waals surface area contributed by atoms with Gasteiger partial charge in [0.25, 0.3) is 5.56 Å². The molecule has 156 valence electrons. The lowest BCUT2D eigenvalue weighted by Crippen LogP contribution is -2.33. The Morgan fingerprint density at radius 3 is 2.71 bits per heavy atom. The minimum atomic E-state index is -0.627. The molecule has 0 saturated heterocycles. The van der Waals surface area contributed by atoms with Crippen LogP contribution >= 0.6 is 0 Å². The number of nitrogens with two attached hydrogens (primary N) is 1. The number of aromatic nitrogens is 2. The van der Waals surface area contributed by atoms with Gasteiger partial charge in [-0.2, -0.15) is 5.26 Å². The lowest BCUT2D eigenvalue weighted by Gasteiger charge is -2.27. The Hall–Kier alpha value is -4.05. The zero-order valence-electron chi connectivity index (χ0n) is 17.3. The zero-order valence-corrected chi connectivity index (χ0v) is 17.3. The van der Waals surface area contributed by atoms with E-state index in [4.69, 9.17) is 15.2 Å². The molecule has 0 fully saturated rings. The Morgan fingerprint density at radius 1 is 1.29 bits per heavy atom. The van der Waals surface area contributed by atoms with Crippen LogP contribution in [0.3, 0.4) is 0 Å². The summed E-state index contributed by atoms with van der Waals surface area (Å²) in [6.45, 7) is 4.66. The Morgan fingerprint density at radius 2 is 2.06 bits per heavy atom. The molecule has 0 amide bonds. The highest BCUT2D eigenvalue weighted by Gasteiger charge is 2.34. The molecule has 0 saturated carbocycles. The van der Waals surface area contributed by atoms with E-state index < -0.39 is 5.92 Å². The second-order valence-electron chi connectivity index (χ2n) is 7.24. The lowest BCUT2D eigenvalue weighted by molar-refractivity contribution is 0.340. The van der Waals surface area contributed by atoms with E-state index >= 15 is 0 Å². The van der Waals surface area contributed by atoms with Gasteiger partial charge < -0.3 is 19.8 Å². The molecular formula is C24H22N4O3. The maximum Gasteiger partial charge on any atom is 0.259 e. The van der Waals surface area contributed by atoms with Gasteiger partial charge in [0.15, 0.2) is 0 Å². The van der Waals surface area contributed by atoms with Crippen molar-refractivity contribution in [1.29, 1.82) is 5.26 Å². The van der Waals surface area contributed by atoms with E-state index in [0.717, 1.165) is 16.8 Å². The number of nitriles is 1. The molecule has 1 atom stereocenters. The molecule has 7 heteroatoms. The molecule has 1 aliphatic rings. The number of nitrogens with zero attached hydrogens (tertiary/aromatic N) is 3. The van der Waals surface area contributed by atoms with E-state index in [9.17, 15) is 10.1 Å². The fourth-order valence-corrected chi connectivity index (χ4v) is 3.81. The van der Waals surface area contributed by atoms with E-state index in [1.165, 1.54) is 0 Å². The molecule has 0 spiro atoms. The first-order valence-electron chi connectivity index (χ1n) is 9.97. The minimum Gasteiger partial charge on any atom is -0.494 e. The smallest absolute Gasteiger partial charge is 0.259 e. The monoisotopic (exact) mass is 414 g/mol. The van der Waals surface area contributed by atoms with Crippen LogP contribution in [0.2, 0.25) is 0 Å². The normalized spacial score (nSPS) is 15.1. The number of ether oxygens (including phenoxy) is 2. The SMILES string of the molecule is CCOc1ccc(C2C(C#N)=C(N)Oc3cc(C)n(Cc4cccnc4)c(=O)c32)cc1. The molecule has 31 heavy (non-hydrogen) atoms. The largest absolute Gasteiger partial charge is 0.494 e. The van der Waals surface area contributed by atoms with E-state index in [0.29, 0.717) is 30.2 Å². The molecule has 1 aromatic carbocycles. The van der Waals surface area contributed by atoms with Crippen LogP contribution in [0.15, 0.2) is 71.1 Å². The standard InChI is InChI=1S/C24H22N4O3/c1-3-30-18-8-6-17(7-9-18)21-19(12-25)23(26)31-20-11-15(2)28(24(29)22(20)21)14-16-5-4-10-27-13-16/h4-11,13,21H,3,14,26H2,1-2H3. The summed E-state index contributed by atoms with van der Waals surface area (Å²) < 4.78 is 12.9. The number of pyridine rings is 2. The average molecular weight is 414 g/mol.